The monoisotopic (exact) mass is 257 g/mol. The molecule has 0 saturated heterocycles. The van der Waals surface area contributed by atoms with Crippen LogP contribution in [0.3, 0.4) is 0 Å². The summed E-state index contributed by atoms with van der Waals surface area (Å²) in [5.74, 6) is -0.575. The number of pyridine rings is 1. The SMILES string of the molecule is Nc1c2c(nn1Cc1cccnc1)CC(=O)NC2=O. The van der Waals surface area contributed by atoms with Crippen molar-refractivity contribution in [3.8, 4) is 0 Å². The van der Waals surface area contributed by atoms with Crippen molar-refractivity contribution >= 4 is 17.6 Å². The molecule has 0 atom stereocenters. The molecular weight excluding hydrogens is 246 g/mol. The lowest BCUT2D eigenvalue weighted by atomic mass is 10.1. The van der Waals surface area contributed by atoms with Crippen molar-refractivity contribution in [1.82, 2.24) is 20.1 Å². The fourth-order valence-electron chi connectivity index (χ4n) is 2.07. The fraction of sp³-hybridized carbons (Fsp3) is 0.167. The summed E-state index contributed by atoms with van der Waals surface area (Å²) in [6, 6.07) is 3.70. The Hall–Kier alpha value is -2.70. The van der Waals surface area contributed by atoms with Crippen LogP contribution in [0.15, 0.2) is 24.5 Å². The summed E-state index contributed by atoms with van der Waals surface area (Å²) < 4.78 is 1.51. The Bertz CT molecular complexity index is 662. The molecule has 1 aliphatic heterocycles. The standard InChI is InChI=1S/C12H11N5O2/c13-11-10-8(4-9(18)15-12(10)19)16-17(11)6-7-2-1-3-14-5-7/h1-3,5H,4,6,13H2,(H,15,18,19). The molecule has 0 fully saturated rings. The van der Waals surface area contributed by atoms with E-state index in [1.807, 2.05) is 12.1 Å². The number of rotatable bonds is 2. The first-order valence-electron chi connectivity index (χ1n) is 5.73. The van der Waals surface area contributed by atoms with Crippen LogP contribution in [0.4, 0.5) is 5.82 Å². The summed E-state index contributed by atoms with van der Waals surface area (Å²) in [6.45, 7) is 0.411. The number of hydrogen-bond acceptors (Lipinski definition) is 5. The zero-order valence-corrected chi connectivity index (χ0v) is 9.96. The third kappa shape index (κ3) is 1.95. The van der Waals surface area contributed by atoms with E-state index in [9.17, 15) is 9.59 Å². The third-order valence-corrected chi connectivity index (χ3v) is 2.93. The van der Waals surface area contributed by atoms with E-state index in [0.29, 0.717) is 17.8 Å². The van der Waals surface area contributed by atoms with Crippen LogP contribution in [0.5, 0.6) is 0 Å². The van der Waals surface area contributed by atoms with E-state index < -0.39 is 5.91 Å². The topological polar surface area (TPSA) is 103 Å². The second-order valence-corrected chi connectivity index (χ2v) is 4.28. The van der Waals surface area contributed by atoms with Gasteiger partial charge in [-0.25, -0.2) is 4.68 Å². The minimum absolute atomic E-state index is 0.0747. The number of nitrogens with one attached hydrogen (secondary N) is 1. The van der Waals surface area contributed by atoms with Crippen LogP contribution in [0.25, 0.3) is 0 Å². The molecule has 0 aliphatic carbocycles. The van der Waals surface area contributed by atoms with E-state index in [1.165, 1.54) is 4.68 Å². The highest BCUT2D eigenvalue weighted by Crippen LogP contribution is 2.21. The molecule has 96 valence electrons. The summed E-state index contributed by atoms with van der Waals surface area (Å²) in [4.78, 5) is 27.0. The summed E-state index contributed by atoms with van der Waals surface area (Å²) in [6.07, 6.45) is 3.45. The molecule has 0 spiro atoms. The molecule has 19 heavy (non-hydrogen) atoms. The summed E-state index contributed by atoms with van der Waals surface area (Å²) in [5, 5.41) is 6.46. The third-order valence-electron chi connectivity index (χ3n) is 2.93. The van der Waals surface area contributed by atoms with Crippen molar-refractivity contribution in [2.75, 3.05) is 5.73 Å². The molecule has 1 aliphatic rings. The minimum atomic E-state index is -0.485. The fourth-order valence-corrected chi connectivity index (χ4v) is 2.07. The molecule has 0 aromatic carbocycles. The van der Waals surface area contributed by atoms with Crippen molar-refractivity contribution in [3.63, 3.8) is 0 Å². The second-order valence-electron chi connectivity index (χ2n) is 4.28. The van der Waals surface area contributed by atoms with Gasteiger partial charge in [0.25, 0.3) is 5.91 Å². The average molecular weight is 257 g/mol. The number of nitrogens with two attached hydrogens (primary N) is 1. The summed E-state index contributed by atoms with van der Waals surface area (Å²) in [5.41, 5.74) is 7.55. The van der Waals surface area contributed by atoms with Gasteiger partial charge in [-0.1, -0.05) is 6.07 Å². The van der Waals surface area contributed by atoms with E-state index in [0.717, 1.165) is 5.56 Å². The van der Waals surface area contributed by atoms with Gasteiger partial charge in [-0.2, -0.15) is 5.10 Å². The van der Waals surface area contributed by atoms with E-state index in [-0.39, 0.29) is 18.1 Å². The van der Waals surface area contributed by atoms with Crippen molar-refractivity contribution in [2.24, 2.45) is 0 Å². The number of carbonyl (C=O) groups is 2. The molecule has 2 aromatic heterocycles. The summed E-state index contributed by atoms with van der Waals surface area (Å²) >= 11 is 0. The Morgan fingerprint density at radius 1 is 1.42 bits per heavy atom. The van der Waals surface area contributed by atoms with Gasteiger partial charge in [0.1, 0.15) is 11.4 Å². The van der Waals surface area contributed by atoms with Gasteiger partial charge in [-0.3, -0.25) is 19.9 Å². The Morgan fingerprint density at radius 2 is 2.26 bits per heavy atom. The molecule has 7 nitrogen and oxygen atoms in total. The lowest BCUT2D eigenvalue weighted by molar-refractivity contribution is -0.119. The van der Waals surface area contributed by atoms with Gasteiger partial charge in [-0.15, -0.1) is 0 Å². The quantitative estimate of drug-likeness (QED) is 0.720. The largest absolute Gasteiger partial charge is 0.383 e. The number of nitrogen functional groups attached to an aromatic ring is 1. The molecule has 3 rings (SSSR count). The number of imide groups is 1. The van der Waals surface area contributed by atoms with E-state index in [2.05, 4.69) is 15.4 Å². The van der Waals surface area contributed by atoms with Gasteiger partial charge in [-0.05, 0) is 11.6 Å². The molecule has 0 radical (unpaired) electrons. The van der Waals surface area contributed by atoms with Crippen LogP contribution < -0.4 is 11.1 Å². The molecule has 7 heteroatoms. The van der Waals surface area contributed by atoms with Crippen molar-refractivity contribution in [1.29, 1.82) is 0 Å². The maximum Gasteiger partial charge on any atom is 0.263 e. The first-order valence-corrected chi connectivity index (χ1v) is 5.73. The van der Waals surface area contributed by atoms with Crippen molar-refractivity contribution in [3.05, 3.63) is 41.3 Å². The van der Waals surface area contributed by atoms with Crippen LogP contribution in [0, 0.1) is 0 Å². The lowest BCUT2D eigenvalue weighted by Crippen LogP contribution is -2.37. The highest BCUT2D eigenvalue weighted by Gasteiger charge is 2.29. The molecule has 0 unspecified atom stereocenters. The van der Waals surface area contributed by atoms with E-state index in [4.69, 9.17) is 5.73 Å². The number of amides is 2. The molecule has 2 aromatic rings. The smallest absolute Gasteiger partial charge is 0.263 e. The second kappa shape index (κ2) is 4.20. The Morgan fingerprint density at radius 3 is 3.00 bits per heavy atom. The van der Waals surface area contributed by atoms with Crippen LogP contribution in [0.2, 0.25) is 0 Å². The zero-order chi connectivity index (χ0) is 13.4. The average Bonchev–Trinajstić information content (AvgIpc) is 2.67. The maximum absolute atomic E-state index is 11.7. The number of nitrogens with zero attached hydrogens (tertiary/aromatic N) is 3. The van der Waals surface area contributed by atoms with Gasteiger partial charge >= 0.3 is 0 Å². The van der Waals surface area contributed by atoms with Crippen LogP contribution in [-0.4, -0.2) is 26.6 Å². The van der Waals surface area contributed by atoms with Crippen molar-refractivity contribution < 1.29 is 9.59 Å². The van der Waals surface area contributed by atoms with E-state index in [1.54, 1.807) is 12.4 Å². The van der Waals surface area contributed by atoms with Gasteiger partial charge in [0.15, 0.2) is 0 Å². The number of aromatic nitrogens is 3. The number of hydrogen-bond donors (Lipinski definition) is 2. The maximum atomic E-state index is 11.7. The first kappa shape index (κ1) is 11.4. The van der Waals surface area contributed by atoms with Gasteiger partial charge in [0.05, 0.1) is 18.7 Å². The predicted octanol–water partition coefficient (Wildman–Crippen LogP) is -0.279. The van der Waals surface area contributed by atoms with Gasteiger partial charge in [0, 0.05) is 12.4 Å². The van der Waals surface area contributed by atoms with Crippen LogP contribution in [-0.2, 0) is 17.8 Å². The molecular formula is C12H11N5O2. The molecule has 2 amide bonds. The number of anilines is 1. The molecule has 3 heterocycles. The van der Waals surface area contributed by atoms with E-state index >= 15 is 0 Å². The molecule has 0 saturated carbocycles. The normalized spacial score (nSPS) is 14.1. The predicted molar refractivity (Wildman–Crippen MR) is 66.2 cm³/mol. The Kier molecular flexibility index (Phi) is 2.52. The minimum Gasteiger partial charge on any atom is -0.383 e. The lowest BCUT2D eigenvalue weighted by Gasteiger charge is -2.09. The van der Waals surface area contributed by atoms with Gasteiger partial charge in [0.2, 0.25) is 5.91 Å². The van der Waals surface area contributed by atoms with Crippen LogP contribution in [0.1, 0.15) is 21.6 Å². The molecule has 0 bridgehead atoms. The van der Waals surface area contributed by atoms with Crippen molar-refractivity contribution in [2.45, 2.75) is 13.0 Å². The highest BCUT2D eigenvalue weighted by atomic mass is 16.2. The highest BCUT2D eigenvalue weighted by molar-refractivity contribution is 6.11. The summed E-state index contributed by atoms with van der Waals surface area (Å²) in [7, 11) is 0. The molecule has 3 N–H and O–H groups in total. The zero-order valence-electron chi connectivity index (χ0n) is 9.96. The Balaban J connectivity index is 1.99. The Labute approximate surface area is 108 Å². The number of fused-ring (bicyclic) bond motifs is 1. The number of carbonyl (C=O) groups excluding carboxylic acids is 2. The van der Waals surface area contributed by atoms with Crippen LogP contribution >= 0.6 is 0 Å². The van der Waals surface area contributed by atoms with Gasteiger partial charge < -0.3 is 5.73 Å². The first-order chi connectivity index (χ1) is 9.15.